The van der Waals surface area contributed by atoms with Crippen molar-refractivity contribution in [3.05, 3.63) is 33.5 Å². The average molecular weight is 430 g/mol. The summed E-state index contributed by atoms with van der Waals surface area (Å²) in [6.07, 6.45) is -7.78. The molecule has 0 aliphatic heterocycles. The number of halogens is 7. The molecule has 0 radical (unpaired) electrons. The van der Waals surface area contributed by atoms with Crippen LogP contribution in [0.3, 0.4) is 0 Å². The number of hydrogen-bond acceptors (Lipinski definition) is 2. The van der Waals surface area contributed by atoms with E-state index in [0.717, 1.165) is 6.07 Å². The Hall–Kier alpha value is -1.71. The first kappa shape index (κ1) is 21.0. The van der Waals surface area contributed by atoms with Gasteiger partial charge in [0.25, 0.3) is 5.56 Å². The fraction of sp³-hybridized carbons (Fsp3) is 0.647. The van der Waals surface area contributed by atoms with Crippen molar-refractivity contribution in [1.29, 1.82) is 0 Å². The van der Waals surface area contributed by atoms with Gasteiger partial charge in [0.2, 0.25) is 5.78 Å². The summed E-state index contributed by atoms with van der Waals surface area (Å²) in [5.41, 5.74) is -0.0284. The highest BCUT2D eigenvalue weighted by molar-refractivity contribution is 6.29. The zero-order valence-corrected chi connectivity index (χ0v) is 15.4. The molecule has 156 valence electrons. The van der Waals surface area contributed by atoms with Crippen molar-refractivity contribution >= 4 is 17.4 Å². The topological polar surface area (TPSA) is 39.3 Å². The van der Waals surface area contributed by atoms with Crippen molar-refractivity contribution < 1.29 is 26.3 Å². The quantitative estimate of drug-likeness (QED) is 0.487. The standard InChI is InChI=1S/C17H18ClF6N3O/c18-13-8-14(28)27-9-12(10-2-4-11(5-3-10)17(22,23)24)25-15(27)26(13)7-1-6-16(19,20)21/h8-11H,1-7H2. The Labute approximate surface area is 161 Å². The van der Waals surface area contributed by atoms with Crippen LogP contribution in [0, 0.1) is 5.92 Å². The number of hydrogen-bond donors (Lipinski definition) is 0. The van der Waals surface area contributed by atoms with Crippen LogP contribution in [-0.4, -0.2) is 26.3 Å². The predicted octanol–water partition coefficient (Wildman–Crippen LogP) is 5.33. The average Bonchev–Trinajstić information content (AvgIpc) is 3.02. The zero-order chi connectivity index (χ0) is 20.7. The van der Waals surface area contributed by atoms with Crippen LogP contribution < -0.4 is 5.56 Å². The molecule has 4 nitrogen and oxygen atoms in total. The fourth-order valence-corrected chi connectivity index (χ4v) is 3.90. The molecule has 1 aliphatic carbocycles. The largest absolute Gasteiger partial charge is 0.391 e. The van der Waals surface area contributed by atoms with E-state index >= 15 is 0 Å². The molecule has 1 aliphatic rings. The van der Waals surface area contributed by atoms with E-state index in [1.807, 2.05) is 0 Å². The molecular formula is C17H18ClF6N3O. The van der Waals surface area contributed by atoms with Crippen LogP contribution in [-0.2, 0) is 6.54 Å². The molecule has 0 saturated heterocycles. The molecule has 3 rings (SSSR count). The van der Waals surface area contributed by atoms with Gasteiger partial charge >= 0.3 is 12.4 Å². The van der Waals surface area contributed by atoms with Gasteiger partial charge in [-0.25, -0.2) is 4.98 Å². The molecule has 2 aromatic heterocycles. The lowest BCUT2D eigenvalue weighted by Crippen LogP contribution is -2.27. The number of rotatable bonds is 4. The molecule has 0 aromatic carbocycles. The van der Waals surface area contributed by atoms with Gasteiger partial charge < -0.3 is 4.57 Å². The number of nitrogens with zero attached hydrogens (tertiary/aromatic N) is 3. The van der Waals surface area contributed by atoms with Gasteiger partial charge in [-0.3, -0.25) is 9.20 Å². The summed E-state index contributed by atoms with van der Waals surface area (Å²) in [6, 6.07) is 1.09. The molecule has 1 saturated carbocycles. The van der Waals surface area contributed by atoms with E-state index in [-0.39, 0.29) is 55.5 Å². The molecule has 11 heteroatoms. The third kappa shape index (κ3) is 4.64. The highest BCUT2D eigenvalue weighted by atomic mass is 35.5. The summed E-state index contributed by atoms with van der Waals surface area (Å²) in [5, 5.41) is -0.0300. The fourth-order valence-electron chi connectivity index (χ4n) is 3.64. The van der Waals surface area contributed by atoms with Gasteiger partial charge in [0, 0.05) is 31.1 Å². The maximum absolute atomic E-state index is 12.8. The van der Waals surface area contributed by atoms with Crippen LogP contribution in [0.15, 0.2) is 17.1 Å². The number of aryl methyl sites for hydroxylation is 1. The maximum atomic E-state index is 12.8. The first-order valence-corrected chi connectivity index (χ1v) is 9.25. The second kappa shape index (κ2) is 7.61. The molecule has 0 amide bonds. The highest BCUT2D eigenvalue weighted by Gasteiger charge is 2.42. The minimum atomic E-state index is -4.31. The number of alkyl halides is 6. The van der Waals surface area contributed by atoms with Crippen molar-refractivity contribution in [3.63, 3.8) is 0 Å². The number of imidazole rings is 1. The van der Waals surface area contributed by atoms with Crippen molar-refractivity contribution in [2.24, 2.45) is 5.92 Å². The molecule has 0 atom stereocenters. The molecule has 2 aromatic rings. The summed E-state index contributed by atoms with van der Waals surface area (Å²) in [4.78, 5) is 16.5. The molecule has 0 bridgehead atoms. The van der Waals surface area contributed by atoms with Crippen molar-refractivity contribution in [2.45, 2.75) is 63.3 Å². The summed E-state index contributed by atoms with van der Waals surface area (Å²) in [6.45, 7) is -0.0839. The van der Waals surface area contributed by atoms with Crippen LogP contribution >= 0.6 is 11.6 Å². The molecule has 28 heavy (non-hydrogen) atoms. The van der Waals surface area contributed by atoms with Gasteiger partial charge in [0.15, 0.2) is 0 Å². The lowest BCUT2D eigenvalue weighted by molar-refractivity contribution is -0.182. The third-order valence-corrected chi connectivity index (χ3v) is 5.45. The van der Waals surface area contributed by atoms with Crippen LogP contribution in [0.5, 0.6) is 0 Å². The second-order valence-corrected chi connectivity index (χ2v) is 7.49. The Morgan fingerprint density at radius 1 is 1.11 bits per heavy atom. The first-order chi connectivity index (χ1) is 13.0. The van der Waals surface area contributed by atoms with Gasteiger partial charge in [0.1, 0.15) is 5.15 Å². The predicted molar refractivity (Wildman–Crippen MR) is 90.5 cm³/mol. The van der Waals surface area contributed by atoms with Gasteiger partial charge in [0.05, 0.1) is 11.6 Å². The Morgan fingerprint density at radius 2 is 1.75 bits per heavy atom. The summed E-state index contributed by atoms with van der Waals surface area (Å²) < 4.78 is 78.2. The minimum absolute atomic E-state index is 0.0153. The molecule has 0 N–H and O–H groups in total. The monoisotopic (exact) mass is 429 g/mol. The van der Waals surface area contributed by atoms with E-state index in [2.05, 4.69) is 4.98 Å². The van der Waals surface area contributed by atoms with Crippen LogP contribution in [0.1, 0.15) is 50.1 Å². The minimum Gasteiger partial charge on any atom is -0.302 e. The normalized spacial score (nSPS) is 21.4. The zero-order valence-electron chi connectivity index (χ0n) is 14.7. The van der Waals surface area contributed by atoms with Crippen LogP contribution in [0.4, 0.5) is 26.3 Å². The van der Waals surface area contributed by atoms with E-state index in [0.29, 0.717) is 5.69 Å². The highest BCUT2D eigenvalue weighted by Crippen LogP contribution is 2.42. The van der Waals surface area contributed by atoms with E-state index in [9.17, 15) is 31.1 Å². The Bertz CT molecular complexity index is 893. The van der Waals surface area contributed by atoms with Gasteiger partial charge in [-0.1, -0.05) is 11.6 Å². The Morgan fingerprint density at radius 3 is 2.32 bits per heavy atom. The van der Waals surface area contributed by atoms with Crippen molar-refractivity contribution in [2.75, 3.05) is 0 Å². The summed E-state index contributed by atoms with van der Waals surface area (Å²) in [5.74, 6) is -1.47. The lowest BCUT2D eigenvalue weighted by atomic mass is 9.80. The second-order valence-electron chi connectivity index (χ2n) is 7.10. The summed E-state index contributed by atoms with van der Waals surface area (Å²) in [7, 11) is 0. The van der Waals surface area contributed by atoms with Gasteiger partial charge in [-0.05, 0) is 32.1 Å². The van der Waals surface area contributed by atoms with E-state index in [4.69, 9.17) is 11.6 Å². The summed E-state index contributed by atoms with van der Waals surface area (Å²) >= 11 is 6.03. The Kier molecular flexibility index (Phi) is 5.71. The Balaban J connectivity index is 1.84. The molecule has 2 heterocycles. The number of aromatic nitrogens is 3. The van der Waals surface area contributed by atoms with E-state index < -0.39 is 30.3 Å². The van der Waals surface area contributed by atoms with E-state index in [1.54, 1.807) is 0 Å². The van der Waals surface area contributed by atoms with Crippen LogP contribution in [0.25, 0.3) is 5.78 Å². The van der Waals surface area contributed by atoms with Gasteiger partial charge in [-0.2, -0.15) is 26.3 Å². The first-order valence-electron chi connectivity index (χ1n) is 8.87. The lowest BCUT2D eigenvalue weighted by Gasteiger charge is -2.28. The van der Waals surface area contributed by atoms with Crippen molar-refractivity contribution in [3.8, 4) is 0 Å². The van der Waals surface area contributed by atoms with Crippen molar-refractivity contribution in [1.82, 2.24) is 14.0 Å². The maximum Gasteiger partial charge on any atom is 0.391 e. The molecular weight excluding hydrogens is 412 g/mol. The van der Waals surface area contributed by atoms with Crippen LogP contribution in [0.2, 0.25) is 5.15 Å². The van der Waals surface area contributed by atoms with E-state index in [1.165, 1.54) is 15.2 Å². The third-order valence-electron chi connectivity index (χ3n) is 5.14. The number of fused-ring (bicyclic) bond motifs is 1. The van der Waals surface area contributed by atoms with Gasteiger partial charge in [-0.15, -0.1) is 0 Å². The molecule has 0 unspecified atom stereocenters. The molecule has 1 fully saturated rings. The smallest absolute Gasteiger partial charge is 0.302 e. The SMILES string of the molecule is O=c1cc(Cl)n(CCCC(F)(F)F)c2nc(C3CCC(C(F)(F)F)CC3)cn12. The molecule has 0 spiro atoms.